The van der Waals surface area contributed by atoms with Crippen LogP contribution in [0.15, 0.2) is 36.8 Å². The number of hydrogen-bond acceptors (Lipinski definition) is 5. The summed E-state index contributed by atoms with van der Waals surface area (Å²) in [4.78, 5) is 16.6. The van der Waals surface area contributed by atoms with Gasteiger partial charge in [0.05, 0.1) is 17.8 Å². The van der Waals surface area contributed by atoms with Gasteiger partial charge in [-0.2, -0.15) is 5.10 Å². The first kappa shape index (κ1) is 13.7. The van der Waals surface area contributed by atoms with Gasteiger partial charge in [0, 0.05) is 32.2 Å². The van der Waals surface area contributed by atoms with Crippen LogP contribution in [0.1, 0.15) is 6.42 Å². The smallest absolute Gasteiger partial charge is 0.241 e. The maximum absolute atomic E-state index is 12.3. The lowest BCUT2D eigenvalue weighted by Crippen LogP contribution is -2.35. The highest BCUT2D eigenvalue weighted by Crippen LogP contribution is 2.18. The van der Waals surface area contributed by atoms with Gasteiger partial charge in [0.25, 0.3) is 0 Å². The molecule has 2 N–H and O–H groups in total. The summed E-state index contributed by atoms with van der Waals surface area (Å²) in [5.41, 5.74) is 0.633. The predicted octanol–water partition coefficient (Wildman–Crippen LogP) is 0.583. The quantitative estimate of drug-likeness (QED) is 0.860. The van der Waals surface area contributed by atoms with E-state index < -0.39 is 0 Å². The Hall–Kier alpha value is -2.25. The molecule has 1 aliphatic rings. The van der Waals surface area contributed by atoms with E-state index in [1.807, 2.05) is 12.1 Å². The van der Waals surface area contributed by atoms with Crippen LogP contribution in [0.25, 0.3) is 5.82 Å². The molecule has 3 heterocycles. The monoisotopic (exact) mass is 287 g/mol. The highest BCUT2D eigenvalue weighted by Gasteiger charge is 2.29. The van der Waals surface area contributed by atoms with Crippen LogP contribution in [0.2, 0.25) is 0 Å². The molecule has 2 aromatic rings. The third kappa shape index (κ3) is 2.93. The minimum absolute atomic E-state index is 0.0836. The molecule has 3 rings (SSSR count). The average molecular weight is 287 g/mol. The Morgan fingerprint density at radius 1 is 1.48 bits per heavy atom. The summed E-state index contributed by atoms with van der Waals surface area (Å²) in [6, 6.07) is 5.15. The number of pyridine rings is 1. The highest BCUT2D eigenvalue weighted by atomic mass is 16.5. The molecule has 2 atom stereocenters. The minimum Gasteiger partial charge on any atom is -0.380 e. The molecule has 7 nitrogen and oxygen atoms in total. The van der Waals surface area contributed by atoms with Crippen LogP contribution in [-0.2, 0) is 9.53 Å². The van der Waals surface area contributed by atoms with Crippen LogP contribution in [0.3, 0.4) is 0 Å². The van der Waals surface area contributed by atoms with Crippen LogP contribution in [0.4, 0.5) is 5.69 Å². The molecule has 0 spiro atoms. The number of hydrogen-bond donors (Lipinski definition) is 2. The molecule has 0 bridgehead atoms. The Kier molecular flexibility index (Phi) is 3.94. The number of carbonyl (C=O) groups excluding carboxylic acids is 1. The zero-order chi connectivity index (χ0) is 14.7. The van der Waals surface area contributed by atoms with Gasteiger partial charge in [-0.25, -0.2) is 9.67 Å². The van der Waals surface area contributed by atoms with Gasteiger partial charge >= 0.3 is 0 Å². The van der Waals surface area contributed by atoms with E-state index in [1.165, 1.54) is 0 Å². The van der Waals surface area contributed by atoms with Crippen LogP contribution >= 0.6 is 0 Å². The summed E-state index contributed by atoms with van der Waals surface area (Å²) in [6.45, 7) is 0.688. The van der Waals surface area contributed by atoms with Gasteiger partial charge in [-0.3, -0.25) is 4.79 Å². The van der Waals surface area contributed by atoms with Crippen molar-refractivity contribution in [2.24, 2.45) is 0 Å². The van der Waals surface area contributed by atoms with Gasteiger partial charge in [0.1, 0.15) is 0 Å². The lowest BCUT2D eigenvalue weighted by Gasteiger charge is -2.13. The molecule has 7 heteroatoms. The van der Waals surface area contributed by atoms with Crippen molar-refractivity contribution in [3.63, 3.8) is 0 Å². The fraction of sp³-hybridized carbons (Fsp3) is 0.357. The first-order valence-electron chi connectivity index (χ1n) is 6.80. The molecule has 1 aliphatic heterocycles. The zero-order valence-corrected chi connectivity index (χ0v) is 11.7. The van der Waals surface area contributed by atoms with Crippen LogP contribution in [0, 0.1) is 0 Å². The van der Waals surface area contributed by atoms with Crippen LogP contribution in [0.5, 0.6) is 0 Å². The molecule has 2 aromatic heterocycles. The van der Waals surface area contributed by atoms with Gasteiger partial charge in [0.15, 0.2) is 5.82 Å². The van der Waals surface area contributed by atoms with Gasteiger partial charge < -0.3 is 15.4 Å². The Labute approximate surface area is 122 Å². The molecule has 110 valence electrons. The second-order valence-corrected chi connectivity index (χ2v) is 4.87. The summed E-state index contributed by atoms with van der Waals surface area (Å²) in [6.07, 6.45) is 5.87. The molecular formula is C14H17N5O2. The van der Waals surface area contributed by atoms with Gasteiger partial charge in [-0.05, 0) is 24.6 Å². The Balaban J connectivity index is 1.75. The minimum atomic E-state index is -0.249. The second kappa shape index (κ2) is 6.02. The average Bonchev–Trinajstić information content (AvgIpc) is 3.19. The maximum Gasteiger partial charge on any atom is 0.241 e. The van der Waals surface area contributed by atoms with Crippen LogP contribution in [-0.4, -0.2) is 46.5 Å². The fourth-order valence-corrected chi connectivity index (χ4v) is 2.37. The topological polar surface area (TPSA) is 81.1 Å². The van der Waals surface area contributed by atoms with Gasteiger partial charge in [-0.1, -0.05) is 0 Å². The van der Waals surface area contributed by atoms with Crippen molar-refractivity contribution in [1.29, 1.82) is 0 Å². The molecular weight excluding hydrogens is 270 g/mol. The van der Waals surface area contributed by atoms with E-state index in [0.29, 0.717) is 24.5 Å². The normalized spacial score (nSPS) is 21.4. The van der Waals surface area contributed by atoms with E-state index in [0.717, 1.165) is 0 Å². The standard InChI is InChI=1S/C14H17N5O2/c1-21-10-8-12(16-9-10)14(20)18-11-4-2-5-15-13(11)19-7-3-6-17-19/h2-7,10,12,16H,8-9H2,1H3,(H,18,20). The number of rotatable bonds is 4. The molecule has 1 amide bonds. The zero-order valence-electron chi connectivity index (χ0n) is 11.7. The van der Waals surface area contributed by atoms with Crippen molar-refractivity contribution in [1.82, 2.24) is 20.1 Å². The maximum atomic E-state index is 12.3. The number of amides is 1. The summed E-state index contributed by atoms with van der Waals surface area (Å²) >= 11 is 0. The highest BCUT2D eigenvalue weighted by molar-refractivity contribution is 5.96. The second-order valence-electron chi connectivity index (χ2n) is 4.87. The molecule has 0 radical (unpaired) electrons. The van der Waals surface area contributed by atoms with E-state index in [4.69, 9.17) is 4.74 Å². The Morgan fingerprint density at radius 3 is 3.10 bits per heavy atom. The van der Waals surface area contributed by atoms with Crippen molar-refractivity contribution in [3.05, 3.63) is 36.8 Å². The van der Waals surface area contributed by atoms with Gasteiger partial charge in [-0.15, -0.1) is 0 Å². The Morgan fingerprint density at radius 2 is 2.38 bits per heavy atom. The molecule has 1 fully saturated rings. The SMILES string of the molecule is COC1CNC(C(=O)Nc2cccnc2-n2cccn2)C1. The number of nitrogens with one attached hydrogen (secondary N) is 2. The third-order valence-corrected chi connectivity index (χ3v) is 3.51. The molecule has 0 aliphatic carbocycles. The van der Waals surface area contributed by atoms with Gasteiger partial charge in [0.2, 0.25) is 5.91 Å². The van der Waals surface area contributed by atoms with Crippen molar-refractivity contribution >= 4 is 11.6 Å². The summed E-state index contributed by atoms with van der Waals surface area (Å²) in [7, 11) is 1.66. The van der Waals surface area contributed by atoms with Crippen molar-refractivity contribution in [2.75, 3.05) is 19.0 Å². The molecule has 2 unspecified atom stereocenters. The van der Waals surface area contributed by atoms with E-state index in [9.17, 15) is 4.79 Å². The van der Waals surface area contributed by atoms with E-state index in [2.05, 4.69) is 20.7 Å². The number of anilines is 1. The summed E-state index contributed by atoms with van der Waals surface area (Å²) in [5.74, 6) is 0.507. The van der Waals surface area contributed by atoms with Crippen molar-refractivity contribution < 1.29 is 9.53 Å². The number of aromatic nitrogens is 3. The largest absolute Gasteiger partial charge is 0.380 e. The number of methoxy groups -OCH3 is 1. The fourth-order valence-electron chi connectivity index (χ4n) is 2.37. The summed E-state index contributed by atoms with van der Waals surface area (Å²) < 4.78 is 6.88. The van der Waals surface area contributed by atoms with E-state index >= 15 is 0 Å². The number of nitrogens with zero attached hydrogens (tertiary/aromatic N) is 3. The first-order valence-corrected chi connectivity index (χ1v) is 6.80. The molecule has 1 saturated heterocycles. The van der Waals surface area contributed by atoms with E-state index in [1.54, 1.807) is 36.4 Å². The van der Waals surface area contributed by atoms with Crippen molar-refractivity contribution in [2.45, 2.75) is 18.6 Å². The van der Waals surface area contributed by atoms with Crippen molar-refractivity contribution in [3.8, 4) is 5.82 Å². The molecule has 0 aromatic carbocycles. The number of carbonyl (C=O) groups is 1. The summed E-state index contributed by atoms with van der Waals surface area (Å²) in [5, 5.41) is 10.2. The lowest BCUT2D eigenvalue weighted by molar-refractivity contribution is -0.118. The molecule has 21 heavy (non-hydrogen) atoms. The van der Waals surface area contributed by atoms with Crippen LogP contribution < -0.4 is 10.6 Å². The lowest BCUT2D eigenvalue weighted by atomic mass is 10.2. The Bertz CT molecular complexity index is 614. The first-order chi connectivity index (χ1) is 10.3. The predicted molar refractivity (Wildman–Crippen MR) is 77.2 cm³/mol. The van der Waals surface area contributed by atoms with E-state index in [-0.39, 0.29) is 18.1 Å². The number of ether oxygens (including phenoxy) is 1. The molecule has 0 saturated carbocycles. The third-order valence-electron chi connectivity index (χ3n) is 3.51.